The third kappa shape index (κ3) is 2.88. The second-order valence-electron chi connectivity index (χ2n) is 4.24. The molecular weight excluding hydrogens is 247 g/mol. The fourth-order valence-electron chi connectivity index (χ4n) is 1.87. The number of aromatic nitrogens is 1. The number of nitrogens with zero attached hydrogens (tertiary/aromatic N) is 1. The van der Waals surface area contributed by atoms with Crippen molar-refractivity contribution in [2.75, 3.05) is 5.32 Å². The Bertz CT molecular complexity index is 624. The van der Waals surface area contributed by atoms with E-state index in [1.165, 1.54) is 24.3 Å². The van der Waals surface area contributed by atoms with Gasteiger partial charge in [-0.15, -0.1) is 0 Å². The van der Waals surface area contributed by atoms with Crippen molar-refractivity contribution in [2.45, 2.75) is 13.8 Å². The van der Waals surface area contributed by atoms with Gasteiger partial charge in [0.2, 0.25) is 0 Å². The zero-order valence-electron chi connectivity index (χ0n) is 10.6. The molecule has 0 spiro atoms. The third-order valence-electron chi connectivity index (χ3n) is 2.67. The topological polar surface area (TPSA) is 62.2 Å². The molecule has 0 fully saturated rings. The van der Waals surface area contributed by atoms with Crippen molar-refractivity contribution in [3.63, 3.8) is 0 Å². The minimum absolute atomic E-state index is 0.120. The Hall–Kier alpha value is -2.43. The summed E-state index contributed by atoms with van der Waals surface area (Å²) >= 11 is 0. The van der Waals surface area contributed by atoms with E-state index in [9.17, 15) is 14.3 Å². The summed E-state index contributed by atoms with van der Waals surface area (Å²) in [6.07, 6.45) is 0. The predicted octanol–water partition coefficient (Wildman–Crippen LogP) is 3.28. The van der Waals surface area contributed by atoms with Gasteiger partial charge in [-0.2, -0.15) is 0 Å². The first-order chi connectivity index (χ1) is 8.97. The molecule has 0 aliphatic carbocycles. The second-order valence-corrected chi connectivity index (χ2v) is 4.24. The summed E-state index contributed by atoms with van der Waals surface area (Å²) in [7, 11) is 0. The molecule has 2 rings (SSSR count). The SMILES string of the molecule is Cc1cc(C)c(C(=O)O)c(Nc2ccc(F)cc2)n1. The highest BCUT2D eigenvalue weighted by Gasteiger charge is 2.15. The summed E-state index contributed by atoms with van der Waals surface area (Å²) in [4.78, 5) is 15.4. The van der Waals surface area contributed by atoms with Gasteiger partial charge in [-0.3, -0.25) is 0 Å². The van der Waals surface area contributed by atoms with Crippen LogP contribution < -0.4 is 5.32 Å². The van der Waals surface area contributed by atoms with E-state index in [1.54, 1.807) is 19.9 Å². The minimum atomic E-state index is -1.05. The number of carboxylic acids is 1. The van der Waals surface area contributed by atoms with Crippen LogP contribution in [-0.2, 0) is 0 Å². The van der Waals surface area contributed by atoms with Crippen molar-refractivity contribution in [3.05, 3.63) is 53.0 Å². The fraction of sp³-hybridized carbons (Fsp3) is 0.143. The van der Waals surface area contributed by atoms with E-state index in [0.717, 1.165) is 0 Å². The zero-order valence-corrected chi connectivity index (χ0v) is 10.6. The number of rotatable bonds is 3. The van der Waals surface area contributed by atoms with Crippen LogP contribution in [-0.4, -0.2) is 16.1 Å². The summed E-state index contributed by atoms with van der Waals surface area (Å²) < 4.78 is 12.8. The van der Waals surface area contributed by atoms with Crippen LogP contribution in [0, 0.1) is 19.7 Å². The highest BCUT2D eigenvalue weighted by molar-refractivity contribution is 5.95. The van der Waals surface area contributed by atoms with Gasteiger partial charge >= 0.3 is 5.97 Å². The lowest BCUT2D eigenvalue weighted by Gasteiger charge is -2.11. The summed E-state index contributed by atoms with van der Waals surface area (Å²) in [5, 5.41) is 12.1. The van der Waals surface area contributed by atoms with Gasteiger partial charge in [0.25, 0.3) is 0 Å². The number of aromatic carboxylic acids is 1. The van der Waals surface area contributed by atoms with Crippen molar-refractivity contribution in [2.24, 2.45) is 0 Å². The number of pyridine rings is 1. The molecule has 19 heavy (non-hydrogen) atoms. The smallest absolute Gasteiger partial charge is 0.339 e. The molecule has 4 nitrogen and oxygen atoms in total. The molecule has 0 aliphatic heterocycles. The van der Waals surface area contributed by atoms with E-state index >= 15 is 0 Å². The number of hydrogen-bond acceptors (Lipinski definition) is 3. The van der Waals surface area contributed by atoms with Gasteiger partial charge in [0.1, 0.15) is 17.2 Å². The Kier molecular flexibility index (Phi) is 3.46. The molecule has 98 valence electrons. The van der Waals surface area contributed by atoms with Crippen LogP contribution in [0.4, 0.5) is 15.9 Å². The largest absolute Gasteiger partial charge is 0.478 e. The number of halogens is 1. The van der Waals surface area contributed by atoms with Crippen LogP contribution >= 0.6 is 0 Å². The molecule has 0 unspecified atom stereocenters. The summed E-state index contributed by atoms with van der Waals surface area (Å²) in [6.45, 7) is 3.50. The van der Waals surface area contributed by atoms with Gasteiger partial charge in [0.05, 0.1) is 0 Å². The Morgan fingerprint density at radius 2 is 1.89 bits per heavy atom. The molecule has 5 heteroatoms. The average molecular weight is 260 g/mol. The number of benzene rings is 1. The summed E-state index contributed by atoms with van der Waals surface area (Å²) in [5.41, 5.74) is 2.05. The quantitative estimate of drug-likeness (QED) is 0.889. The minimum Gasteiger partial charge on any atom is -0.478 e. The van der Waals surface area contributed by atoms with Crippen LogP contribution in [0.3, 0.4) is 0 Å². The van der Waals surface area contributed by atoms with E-state index in [0.29, 0.717) is 16.9 Å². The first-order valence-electron chi connectivity index (χ1n) is 5.71. The Labute approximate surface area is 109 Å². The van der Waals surface area contributed by atoms with E-state index in [2.05, 4.69) is 10.3 Å². The lowest BCUT2D eigenvalue weighted by Crippen LogP contribution is -2.08. The monoisotopic (exact) mass is 260 g/mol. The molecule has 0 saturated heterocycles. The lowest BCUT2D eigenvalue weighted by molar-refractivity contribution is 0.0697. The normalized spacial score (nSPS) is 10.3. The van der Waals surface area contributed by atoms with Gasteiger partial charge in [0, 0.05) is 11.4 Å². The molecule has 2 aromatic rings. The van der Waals surface area contributed by atoms with E-state index in [1.807, 2.05) is 0 Å². The molecule has 2 N–H and O–H groups in total. The van der Waals surface area contributed by atoms with Crippen LogP contribution in [0.5, 0.6) is 0 Å². The van der Waals surface area contributed by atoms with Gasteiger partial charge < -0.3 is 10.4 Å². The molecule has 0 bridgehead atoms. The predicted molar refractivity (Wildman–Crippen MR) is 70.4 cm³/mol. The number of hydrogen-bond donors (Lipinski definition) is 2. The average Bonchev–Trinajstić information content (AvgIpc) is 2.30. The van der Waals surface area contributed by atoms with E-state index in [4.69, 9.17) is 0 Å². The molecule has 1 aromatic heterocycles. The molecule has 0 amide bonds. The molecule has 1 heterocycles. The number of nitrogens with one attached hydrogen (secondary N) is 1. The third-order valence-corrected chi connectivity index (χ3v) is 2.67. The first kappa shape index (κ1) is 13.0. The highest BCUT2D eigenvalue weighted by Crippen LogP contribution is 2.22. The van der Waals surface area contributed by atoms with Gasteiger partial charge in [-0.05, 0) is 49.7 Å². The van der Waals surface area contributed by atoms with Gasteiger partial charge in [0.15, 0.2) is 0 Å². The van der Waals surface area contributed by atoms with E-state index < -0.39 is 5.97 Å². The second kappa shape index (κ2) is 5.06. The van der Waals surface area contributed by atoms with Crippen LogP contribution in [0.1, 0.15) is 21.6 Å². The molecule has 0 radical (unpaired) electrons. The lowest BCUT2D eigenvalue weighted by atomic mass is 10.1. The van der Waals surface area contributed by atoms with Gasteiger partial charge in [-0.25, -0.2) is 14.2 Å². The number of anilines is 2. The Morgan fingerprint density at radius 1 is 1.26 bits per heavy atom. The van der Waals surface area contributed by atoms with Crippen molar-refractivity contribution >= 4 is 17.5 Å². The fourth-order valence-corrected chi connectivity index (χ4v) is 1.87. The molecule has 1 aromatic carbocycles. The highest BCUT2D eigenvalue weighted by atomic mass is 19.1. The zero-order chi connectivity index (χ0) is 14.0. The van der Waals surface area contributed by atoms with Crippen LogP contribution in [0.2, 0.25) is 0 Å². The molecule has 0 saturated carbocycles. The summed E-state index contributed by atoms with van der Waals surface area (Å²) in [5.74, 6) is -1.14. The Balaban J connectivity index is 2.44. The molecular formula is C14H13FN2O2. The first-order valence-corrected chi connectivity index (χ1v) is 5.71. The number of carbonyl (C=O) groups is 1. The maximum atomic E-state index is 12.8. The van der Waals surface area contributed by atoms with Crippen LogP contribution in [0.15, 0.2) is 30.3 Å². The standard InChI is InChI=1S/C14H13FN2O2/c1-8-7-9(2)16-13(12(8)14(18)19)17-11-5-3-10(15)4-6-11/h3-7H,1-2H3,(H,16,17)(H,18,19). The Morgan fingerprint density at radius 3 is 2.47 bits per heavy atom. The van der Waals surface area contributed by atoms with Crippen molar-refractivity contribution in [1.29, 1.82) is 0 Å². The van der Waals surface area contributed by atoms with Crippen molar-refractivity contribution < 1.29 is 14.3 Å². The number of carboxylic acid groups (broad SMARTS) is 1. The molecule has 0 atom stereocenters. The maximum absolute atomic E-state index is 12.8. The number of aryl methyl sites for hydroxylation is 2. The van der Waals surface area contributed by atoms with Crippen molar-refractivity contribution in [1.82, 2.24) is 4.98 Å². The van der Waals surface area contributed by atoms with Crippen LogP contribution in [0.25, 0.3) is 0 Å². The van der Waals surface area contributed by atoms with Gasteiger partial charge in [-0.1, -0.05) is 0 Å². The summed E-state index contributed by atoms with van der Waals surface area (Å²) in [6, 6.07) is 7.36. The maximum Gasteiger partial charge on any atom is 0.339 e. The molecule has 0 aliphatic rings. The van der Waals surface area contributed by atoms with Crippen molar-refractivity contribution in [3.8, 4) is 0 Å². The van der Waals surface area contributed by atoms with E-state index in [-0.39, 0.29) is 17.2 Å².